The molecule has 1 saturated heterocycles. The van der Waals surface area contributed by atoms with Gasteiger partial charge in [0.05, 0.1) is 19.0 Å². The minimum Gasteiger partial charge on any atom is -0.495 e. The summed E-state index contributed by atoms with van der Waals surface area (Å²) in [7, 11) is 1.68. The first kappa shape index (κ1) is 23.2. The summed E-state index contributed by atoms with van der Waals surface area (Å²) in [5, 5.41) is 5.25. The fourth-order valence-electron chi connectivity index (χ4n) is 4.78. The molecule has 0 N–H and O–H groups in total. The topological polar surface area (TPSA) is 63.0 Å². The molecular formula is C27H28ClN5O2. The largest absolute Gasteiger partial charge is 0.495 e. The van der Waals surface area contributed by atoms with Crippen molar-refractivity contribution in [1.82, 2.24) is 19.5 Å². The molecule has 0 saturated carbocycles. The van der Waals surface area contributed by atoms with Crippen LogP contribution in [0.2, 0.25) is 5.02 Å². The minimum atomic E-state index is -0.0337. The number of aromatic nitrogens is 3. The number of ether oxygens (including phenoxy) is 1. The number of halogens is 1. The lowest BCUT2D eigenvalue weighted by Crippen LogP contribution is -2.48. The van der Waals surface area contributed by atoms with Crippen LogP contribution >= 0.6 is 11.6 Å². The fraction of sp³-hybridized carbons (Fsp3) is 0.296. The van der Waals surface area contributed by atoms with E-state index in [-0.39, 0.29) is 5.91 Å². The van der Waals surface area contributed by atoms with Crippen LogP contribution in [-0.4, -0.2) is 58.7 Å². The van der Waals surface area contributed by atoms with Gasteiger partial charge < -0.3 is 14.5 Å². The standard InChI is InChI=1S/C27H28ClN5O2/c1-18-22(16-20-7-6-8-21(28)15-20)19(2)33-26(30-18)23(17-29-33)27(34)32-13-11-31(12-14-32)24-9-4-5-10-25(24)35-3/h4-10,15,17H,11-14,16H2,1-3H3. The summed E-state index contributed by atoms with van der Waals surface area (Å²) in [4.78, 5) is 22.4. The molecule has 5 rings (SSSR count). The SMILES string of the molecule is COc1ccccc1N1CCN(C(=O)c2cnn3c(C)c(Cc4cccc(Cl)c4)c(C)nc23)CC1. The number of hydrogen-bond acceptors (Lipinski definition) is 5. The molecule has 2 aromatic heterocycles. The van der Waals surface area contributed by atoms with Gasteiger partial charge in [0.25, 0.3) is 5.91 Å². The Morgan fingerprint density at radius 1 is 1.06 bits per heavy atom. The minimum absolute atomic E-state index is 0.0337. The van der Waals surface area contributed by atoms with Crippen LogP contribution in [0.3, 0.4) is 0 Å². The van der Waals surface area contributed by atoms with Crippen molar-refractivity contribution >= 4 is 28.8 Å². The zero-order valence-corrected chi connectivity index (χ0v) is 20.9. The van der Waals surface area contributed by atoms with Crippen molar-refractivity contribution in [3.63, 3.8) is 0 Å². The van der Waals surface area contributed by atoms with E-state index in [1.807, 2.05) is 55.1 Å². The predicted octanol–water partition coefficient (Wildman–Crippen LogP) is 4.56. The predicted molar refractivity (Wildman–Crippen MR) is 138 cm³/mol. The molecule has 35 heavy (non-hydrogen) atoms. The highest BCUT2D eigenvalue weighted by Gasteiger charge is 2.27. The number of hydrogen-bond donors (Lipinski definition) is 0. The average Bonchev–Trinajstić information content (AvgIpc) is 3.30. The molecule has 0 radical (unpaired) electrons. The normalized spacial score (nSPS) is 13.9. The van der Waals surface area contributed by atoms with E-state index in [0.717, 1.165) is 47.0 Å². The molecule has 4 aromatic rings. The number of fused-ring (bicyclic) bond motifs is 1. The lowest BCUT2D eigenvalue weighted by molar-refractivity contribution is 0.0748. The maximum atomic E-state index is 13.5. The van der Waals surface area contributed by atoms with Crippen LogP contribution in [-0.2, 0) is 6.42 Å². The van der Waals surface area contributed by atoms with Crippen LogP contribution < -0.4 is 9.64 Å². The Kier molecular flexibility index (Phi) is 6.34. The number of carbonyl (C=O) groups excluding carboxylic acids is 1. The summed E-state index contributed by atoms with van der Waals surface area (Å²) in [5.41, 5.74) is 6.27. The summed E-state index contributed by atoms with van der Waals surface area (Å²) < 4.78 is 7.29. The third-order valence-electron chi connectivity index (χ3n) is 6.70. The highest BCUT2D eigenvalue weighted by Crippen LogP contribution is 2.29. The zero-order valence-electron chi connectivity index (χ0n) is 20.2. The zero-order chi connectivity index (χ0) is 24.5. The molecule has 180 valence electrons. The molecule has 7 nitrogen and oxygen atoms in total. The lowest BCUT2D eigenvalue weighted by atomic mass is 10.0. The van der Waals surface area contributed by atoms with Crippen molar-refractivity contribution in [3.8, 4) is 5.75 Å². The van der Waals surface area contributed by atoms with E-state index >= 15 is 0 Å². The molecule has 0 spiro atoms. The van der Waals surface area contributed by atoms with Gasteiger partial charge in [0, 0.05) is 49.0 Å². The Bertz CT molecular complexity index is 1390. The Hall–Kier alpha value is -3.58. The van der Waals surface area contributed by atoms with Gasteiger partial charge in [0.1, 0.15) is 11.3 Å². The van der Waals surface area contributed by atoms with E-state index in [1.54, 1.807) is 17.8 Å². The second kappa shape index (κ2) is 9.58. The number of benzene rings is 2. The van der Waals surface area contributed by atoms with Gasteiger partial charge in [-0.25, -0.2) is 9.50 Å². The van der Waals surface area contributed by atoms with Crippen LogP contribution in [0.5, 0.6) is 5.75 Å². The molecule has 1 aliphatic rings. The Morgan fingerprint density at radius 2 is 1.83 bits per heavy atom. The number of amides is 1. The number of aryl methyl sites for hydroxylation is 2. The van der Waals surface area contributed by atoms with Gasteiger partial charge in [0.15, 0.2) is 5.65 Å². The number of carbonyl (C=O) groups is 1. The van der Waals surface area contributed by atoms with E-state index in [4.69, 9.17) is 21.3 Å². The summed E-state index contributed by atoms with van der Waals surface area (Å²) in [6, 6.07) is 15.8. The fourth-order valence-corrected chi connectivity index (χ4v) is 4.99. The molecule has 3 heterocycles. The molecule has 1 aliphatic heterocycles. The molecule has 2 aromatic carbocycles. The van der Waals surface area contributed by atoms with E-state index in [0.29, 0.717) is 35.7 Å². The van der Waals surface area contributed by atoms with Crippen LogP contribution in [0.25, 0.3) is 5.65 Å². The number of rotatable bonds is 5. The number of para-hydroxylation sites is 2. The van der Waals surface area contributed by atoms with Gasteiger partial charge in [-0.15, -0.1) is 0 Å². The first-order chi connectivity index (χ1) is 17.0. The van der Waals surface area contributed by atoms with Gasteiger partial charge in [-0.2, -0.15) is 5.10 Å². The lowest BCUT2D eigenvalue weighted by Gasteiger charge is -2.36. The summed E-state index contributed by atoms with van der Waals surface area (Å²) in [6.45, 7) is 6.73. The average molecular weight is 490 g/mol. The number of nitrogens with zero attached hydrogens (tertiary/aromatic N) is 5. The quantitative estimate of drug-likeness (QED) is 0.411. The Morgan fingerprint density at radius 3 is 2.57 bits per heavy atom. The second-order valence-corrected chi connectivity index (χ2v) is 9.25. The molecule has 0 unspecified atom stereocenters. The van der Waals surface area contributed by atoms with E-state index < -0.39 is 0 Å². The smallest absolute Gasteiger partial charge is 0.259 e. The van der Waals surface area contributed by atoms with Crippen molar-refractivity contribution in [1.29, 1.82) is 0 Å². The summed E-state index contributed by atoms with van der Waals surface area (Å²) in [5.74, 6) is 0.812. The third-order valence-corrected chi connectivity index (χ3v) is 6.94. The molecule has 0 bridgehead atoms. The first-order valence-corrected chi connectivity index (χ1v) is 12.1. The molecule has 0 aliphatic carbocycles. The van der Waals surface area contributed by atoms with Gasteiger partial charge in [0.2, 0.25) is 0 Å². The molecule has 1 fully saturated rings. The van der Waals surface area contributed by atoms with Crippen molar-refractivity contribution in [2.75, 3.05) is 38.2 Å². The molecular weight excluding hydrogens is 462 g/mol. The number of methoxy groups -OCH3 is 1. The third kappa shape index (κ3) is 4.44. The maximum Gasteiger partial charge on any atom is 0.259 e. The van der Waals surface area contributed by atoms with Gasteiger partial charge >= 0.3 is 0 Å². The Balaban J connectivity index is 1.36. The number of anilines is 1. The van der Waals surface area contributed by atoms with Crippen molar-refractivity contribution in [2.24, 2.45) is 0 Å². The first-order valence-electron chi connectivity index (χ1n) is 11.7. The van der Waals surface area contributed by atoms with Crippen LogP contribution in [0.4, 0.5) is 5.69 Å². The van der Waals surface area contributed by atoms with Crippen molar-refractivity contribution in [3.05, 3.63) is 87.8 Å². The van der Waals surface area contributed by atoms with Crippen LogP contribution in [0.15, 0.2) is 54.7 Å². The monoisotopic (exact) mass is 489 g/mol. The second-order valence-electron chi connectivity index (χ2n) is 8.81. The van der Waals surface area contributed by atoms with Gasteiger partial charge in [-0.1, -0.05) is 35.9 Å². The van der Waals surface area contributed by atoms with E-state index in [1.165, 1.54) is 0 Å². The molecule has 1 amide bonds. The van der Waals surface area contributed by atoms with E-state index in [9.17, 15) is 4.79 Å². The highest BCUT2D eigenvalue weighted by molar-refractivity contribution is 6.30. The summed E-state index contributed by atoms with van der Waals surface area (Å²) >= 11 is 6.17. The molecule has 8 heteroatoms. The summed E-state index contributed by atoms with van der Waals surface area (Å²) in [6.07, 6.45) is 2.35. The van der Waals surface area contributed by atoms with E-state index in [2.05, 4.69) is 22.1 Å². The van der Waals surface area contributed by atoms with Gasteiger partial charge in [-0.3, -0.25) is 4.79 Å². The van der Waals surface area contributed by atoms with Crippen molar-refractivity contribution < 1.29 is 9.53 Å². The van der Waals surface area contributed by atoms with Crippen LogP contribution in [0.1, 0.15) is 32.9 Å². The molecule has 0 atom stereocenters. The van der Waals surface area contributed by atoms with Gasteiger partial charge in [-0.05, 0) is 49.2 Å². The highest BCUT2D eigenvalue weighted by atomic mass is 35.5. The van der Waals surface area contributed by atoms with Crippen molar-refractivity contribution in [2.45, 2.75) is 20.3 Å². The maximum absolute atomic E-state index is 13.5. The van der Waals surface area contributed by atoms with Crippen LogP contribution in [0, 0.1) is 13.8 Å². The Labute approximate surface area is 209 Å². The number of piperazine rings is 1.